The third-order valence-corrected chi connectivity index (χ3v) is 4.06. The Morgan fingerprint density at radius 3 is 2.68 bits per heavy atom. The van der Waals surface area contributed by atoms with Crippen LogP contribution in [0.1, 0.15) is 45.6 Å². The van der Waals surface area contributed by atoms with Crippen LogP contribution in [-0.4, -0.2) is 28.8 Å². The molecule has 1 fully saturated rings. The number of amides is 1. The van der Waals surface area contributed by atoms with Gasteiger partial charge in [0.15, 0.2) is 0 Å². The second kappa shape index (κ2) is 6.96. The predicted molar refractivity (Wildman–Crippen MR) is 89.6 cm³/mol. The number of hydrogen-bond donors (Lipinski definition) is 2. The van der Waals surface area contributed by atoms with Gasteiger partial charge >= 0.3 is 6.09 Å². The molecule has 22 heavy (non-hydrogen) atoms. The highest BCUT2D eigenvalue weighted by molar-refractivity contribution is 9.10. The molecule has 122 valence electrons. The normalized spacial score (nSPS) is 16.7. The van der Waals surface area contributed by atoms with Crippen molar-refractivity contribution in [3.8, 4) is 0 Å². The first kappa shape index (κ1) is 17.2. The number of nitrogens with one attached hydrogen (secondary N) is 2. The van der Waals surface area contributed by atoms with Gasteiger partial charge in [-0.1, -0.05) is 0 Å². The van der Waals surface area contributed by atoms with Gasteiger partial charge in [0, 0.05) is 30.0 Å². The molecule has 1 aliphatic rings. The lowest BCUT2D eigenvalue weighted by Crippen LogP contribution is -2.59. The second-order valence-corrected chi connectivity index (χ2v) is 7.79. The summed E-state index contributed by atoms with van der Waals surface area (Å²) in [6.45, 7) is 7.08. The minimum Gasteiger partial charge on any atom is -0.444 e. The molecule has 0 spiro atoms. The van der Waals surface area contributed by atoms with Gasteiger partial charge in [0.05, 0.1) is 5.54 Å². The topological polar surface area (TPSA) is 63.2 Å². The fourth-order valence-electron chi connectivity index (χ4n) is 2.47. The molecular formula is C16H24BrN3O2. The number of alkyl carbamates (subject to hydrolysis) is 1. The minimum atomic E-state index is -0.468. The highest BCUT2D eigenvalue weighted by Gasteiger charge is 2.39. The van der Waals surface area contributed by atoms with E-state index in [1.165, 1.54) is 0 Å². The van der Waals surface area contributed by atoms with Crippen LogP contribution in [0.2, 0.25) is 0 Å². The van der Waals surface area contributed by atoms with E-state index >= 15 is 0 Å². The maximum Gasteiger partial charge on any atom is 0.408 e. The van der Waals surface area contributed by atoms with Crippen molar-refractivity contribution in [2.45, 2.75) is 57.7 Å². The highest BCUT2D eigenvalue weighted by Crippen LogP contribution is 2.31. The van der Waals surface area contributed by atoms with Crippen molar-refractivity contribution < 1.29 is 9.53 Å². The molecule has 0 atom stereocenters. The van der Waals surface area contributed by atoms with Gasteiger partial charge < -0.3 is 15.4 Å². The maximum atomic E-state index is 12.0. The second-order valence-electron chi connectivity index (χ2n) is 6.88. The summed E-state index contributed by atoms with van der Waals surface area (Å²) >= 11 is 3.42. The van der Waals surface area contributed by atoms with Crippen molar-refractivity contribution in [3.05, 3.63) is 28.5 Å². The third-order valence-electron chi connectivity index (χ3n) is 3.63. The predicted octanol–water partition coefficient (Wildman–Crippen LogP) is 3.38. The van der Waals surface area contributed by atoms with Gasteiger partial charge in [0.2, 0.25) is 0 Å². The fourth-order valence-corrected chi connectivity index (χ4v) is 2.88. The lowest BCUT2D eigenvalue weighted by Gasteiger charge is -2.42. The molecule has 0 aromatic carbocycles. The average molecular weight is 370 g/mol. The van der Waals surface area contributed by atoms with E-state index in [-0.39, 0.29) is 11.6 Å². The third kappa shape index (κ3) is 5.25. The largest absolute Gasteiger partial charge is 0.444 e. The number of aromatic nitrogens is 1. The van der Waals surface area contributed by atoms with Crippen LogP contribution in [0, 0.1) is 0 Å². The molecule has 1 amide bonds. The summed E-state index contributed by atoms with van der Waals surface area (Å²) in [4.78, 5) is 16.1. The zero-order valence-corrected chi connectivity index (χ0v) is 15.0. The molecule has 6 heteroatoms. The molecule has 1 heterocycles. The van der Waals surface area contributed by atoms with Crippen LogP contribution < -0.4 is 10.6 Å². The Morgan fingerprint density at radius 2 is 2.14 bits per heavy atom. The summed E-state index contributed by atoms with van der Waals surface area (Å²) in [5.74, 6) is 0. The Kier molecular flexibility index (Phi) is 5.45. The molecule has 1 saturated carbocycles. The number of carbonyl (C=O) groups excluding carboxylic acids is 1. The first-order valence-corrected chi connectivity index (χ1v) is 8.39. The summed E-state index contributed by atoms with van der Waals surface area (Å²) in [5.41, 5.74) is 0.466. The Morgan fingerprint density at radius 1 is 1.41 bits per heavy atom. The van der Waals surface area contributed by atoms with Crippen molar-refractivity contribution in [3.63, 3.8) is 0 Å². The number of rotatable bonds is 5. The molecule has 0 radical (unpaired) electrons. The molecule has 1 aliphatic carbocycles. The zero-order chi connectivity index (χ0) is 16.2. The van der Waals surface area contributed by atoms with Crippen molar-refractivity contribution in [1.82, 2.24) is 15.6 Å². The highest BCUT2D eigenvalue weighted by atomic mass is 79.9. The first-order chi connectivity index (χ1) is 10.3. The summed E-state index contributed by atoms with van der Waals surface area (Å²) in [6, 6.07) is 2.04. The Hall–Kier alpha value is -1.14. The van der Waals surface area contributed by atoms with Crippen LogP contribution >= 0.6 is 15.9 Å². The number of pyridine rings is 1. The smallest absolute Gasteiger partial charge is 0.408 e. The standard InChI is InChI=1S/C16H24BrN3O2/c1-15(2,3)22-14(21)20-16(5-4-6-16)11-19-9-12-7-13(17)10-18-8-12/h7-8,10,19H,4-6,9,11H2,1-3H3,(H,20,21). The first-order valence-electron chi connectivity index (χ1n) is 7.59. The van der Waals surface area contributed by atoms with E-state index in [1.807, 2.05) is 33.0 Å². The van der Waals surface area contributed by atoms with Crippen LogP contribution in [0.4, 0.5) is 4.79 Å². The summed E-state index contributed by atoms with van der Waals surface area (Å²) in [7, 11) is 0. The molecule has 5 nitrogen and oxygen atoms in total. The van der Waals surface area contributed by atoms with Crippen LogP contribution in [0.3, 0.4) is 0 Å². The molecule has 2 N–H and O–H groups in total. The number of hydrogen-bond acceptors (Lipinski definition) is 4. The lowest BCUT2D eigenvalue weighted by molar-refractivity contribution is 0.0382. The Balaban J connectivity index is 1.82. The quantitative estimate of drug-likeness (QED) is 0.834. The van der Waals surface area contributed by atoms with Gasteiger partial charge in [-0.05, 0) is 67.6 Å². The van der Waals surface area contributed by atoms with Gasteiger partial charge in [-0.3, -0.25) is 4.98 Å². The number of nitrogens with zero attached hydrogens (tertiary/aromatic N) is 1. The molecule has 0 bridgehead atoms. The van der Waals surface area contributed by atoms with E-state index in [4.69, 9.17) is 4.74 Å². The van der Waals surface area contributed by atoms with Crippen LogP contribution in [0.25, 0.3) is 0 Å². The summed E-state index contributed by atoms with van der Waals surface area (Å²) < 4.78 is 6.32. The number of halogens is 1. The van der Waals surface area contributed by atoms with Gasteiger partial charge in [-0.15, -0.1) is 0 Å². The Bertz CT molecular complexity index is 524. The van der Waals surface area contributed by atoms with Crippen LogP contribution in [-0.2, 0) is 11.3 Å². The molecule has 0 unspecified atom stereocenters. The van der Waals surface area contributed by atoms with Gasteiger partial charge in [-0.25, -0.2) is 4.79 Å². The Labute approximate surface area is 140 Å². The maximum absolute atomic E-state index is 12.0. The van der Waals surface area contributed by atoms with Gasteiger partial charge in [-0.2, -0.15) is 0 Å². The summed E-state index contributed by atoms with van der Waals surface area (Å²) in [5, 5.41) is 6.44. The molecule has 0 aliphatic heterocycles. The van der Waals surface area contributed by atoms with E-state index in [2.05, 4.69) is 31.5 Å². The monoisotopic (exact) mass is 369 g/mol. The zero-order valence-electron chi connectivity index (χ0n) is 13.4. The van der Waals surface area contributed by atoms with Gasteiger partial charge in [0.1, 0.15) is 5.60 Å². The van der Waals surface area contributed by atoms with Crippen molar-refractivity contribution in [1.29, 1.82) is 0 Å². The van der Waals surface area contributed by atoms with E-state index in [0.29, 0.717) is 0 Å². The van der Waals surface area contributed by atoms with Gasteiger partial charge in [0.25, 0.3) is 0 Å². The molecule has 1 aromatic rings. The van der Waals surface area contributed by atoms with E-state index < -0.39 is 5.60 Å². The van der Waals surface area contributed by atoms with E-state index in [9.17, 15) is 4.79 Å². The molecule has 0 saturated heterocycles. The average Bonchev–Trinajstić information content (AvgIpc) is 2.33. The molecular weight excluding hydrogens is 346 g/mol. The van der Waals surface area contributed by atoms with Crippen molar-refractivity contribution >= 4 is 22.0 Å². The van der Waals surface area contributed by atoms with Crippen LogP contribution in [0.15, 0.2) is 22.9 Å². The SMILES string of the molecule is CC(C)(C)OC(=O)NC1(CNCc2cncc(Br)c2)CCC1. The van der Waals surface area contributed by atoms with Crippen molar-refractivity contribution in [2.75, 3.05) is 6.54 Å². The molecule has 1 aromatic heterocycles. The number of carbonyl (C=O) groups is 1. The summed E-state index contributed by atoms with van der Waals surface area (Å²) in [6.07, 6.45) is 6.37. The van der Waals surface area contributed by atoms with E-state index in [0.717, 1.165) is 42.4 Å². The van der Waals surface area contributed by atoms with Crippen LogP contribution in [0.5, 0.6) is 0 Å². The van der Waals surface area contributed by atoms with E-state index in [1.54, 1.807) is 6.20 Å². The number of ether oxygens (including phenoxy) is 1. The lowest BCUT2D eigenvalue weighted by atomic mass is 9.76. The fraction of sp³-hybridized carbons (Fsp3) is 0.625. The minimum absolute atomic E-state index is 0.179. The molecule has 2 rings (SSSR count). The van der Waals surface area contributed by atoms with Crippen molar-refractivity contribution in [2.24, 2.45) is 0 Å².